The molecule has 2 amide bonds. The van der Waals surface area contributed by atoms with Gasteiger partial charge in [-0.2, -0.15) is 0 Å². The monoisotopic (exact) mass is 182 g/mol. The van der Waals surface area contributed by atoms with E-state index in [1.165, 1.54) is 0 Å². The standard InChI is InChI=1S/C9H14N2O2/c1-6-2-7(3-6)11-4-8(12)10-9(13)5-11/h6-7H,2-5H2,1H3,(H,10,12,13). The molecular formula is C9H14N2O2. The molecular weight excluding hydrogens is 168 g/mol. The lowest BCUT2D eigenvalue weighted by molar-refractivity contribution is -0.138. The predicted octanol–water partition coefficient (Wildman–Crippen LogP) is -0.257. The van der Waals surface area contributed by atoms with E-state index in [4.69, 9.17) is 0 Å². The molecule has 0 atom stereocenters. The van der Waals surface area contributed by atoms with E-state index in [1.54, 1.807) is 0 Å². The molecule has 2 rings (SSSR count). The summed E-state index contributed by atoms with van der Waals surface area (Å²) < 4.78 is 0. The normalized spacial score (nSPS) is 35.5. The van der Waals surface area contributed by atoms with E-state index < -0.39 is 0 Å². The molecule has 0 unspecified atom stereocenters. The first kappa shape index (κ1) is 8.69. The minimum Gasteiger partial charge on any atom is -0.294 e. The molecule has 2 aliphatic rings. The Morgan fingerprint density at radius 1 is 1.23 bits per heavy atom. The van der Waals surface area contributed by atoms with E-state index in [2.05, 4.69) is 12.2 Å². The number of piperazine rings is 1. The maximum Gasteiger partial charge on any atom is 0.240 e. The Labute approximate surface area is 77.3 Å². The van der Waals surface area contributed by atoms with E-state index in [9.17, 15) is 9.59 Å². The lowest BCUT2D eigenvalue weighted by Gasteiger charge is -2.42. The van der Waals surface area contributed by atoms with E-state index in [1.807, 2.05) is 4.90 Å². The summed E-state index contributed by atoms with van der Waals surface area (Å²) in [6.45, 7) is 2.98. The number of nitrogens with one attached hydrogen (secondary N) is 1. The van der Waals surface area contributed by atoms with Gasteiger partial charge in [0.2, 0.25) is 11.8 Å². The highest BCUT2D eigenvalue weighted by atomic mass is 16.2. The van der Waals surface area contributed by atoms with Crippen molar-refractivity contribution in [1.29, 1.82) is 0 Å². The Bertz CT molecular complexity index is 230. The van der Waals surface area contributed by atoms with Crippen molar-refractivity contribution in [3.63, 3.8) is 0 Å². The van der Waals surface area contributed by atoms with Crippen LogP contribution in [-0.2, 0) is 9.59 Å². The van der Waals surface area contributed by atoms with Crippen LogP contribution in [0.1, 0.15) is 19.8 Å². The van der Waals surface area contributed by atoms with Crippen LogP contribution in [0.15, 0.2) is 0 Å². The molecule has 4 heteroatoms. The van der Waals surface area contributed by atoms with Gasteiger partial charge in [-0.3, -0.25) is 19.8 Å². The van der Waals surface area contributed by atoms with Crippen LogP contribution in [-0.4, -0.2) is 35.8 Å². The van der Waals surface area contributed by atoms with Crippen molar-refractivity contribution in [2.75, 3.05) is 13.1 Å². The number of carbonyl (C=O) groups is 2. The molecule has 0 spiro atoms. The first-order valence-corrected chi connectivity index (χ1v) is 4.72. The third kappa shape index (κ3) is 1.72. The van der Waals surface area contributed by atoms with Crippen LogP contribution in [0.25, 0.3) is 0 Å². The average Bonchev–Trinajstić information content (AvgIpc) is 1.96. The van der Waals surface area contributed by atoms with Gasteiger partial charge in [0.25, 0.3) is 0 Å². The third-order valence-electron chi connectivity index (χ3n) is 2.84. The molecule has 13 heavy (non-hydrogen) atoms. The summed E-state index contributed by atoms with van der Waals surface area (Å²) in [4.78, 5) is 24.1. The Kier molecular flexibility index (Phi) is 2.07. The minimum atomic E-state index is -0.157. The predicted molar refractivity (Wildman–Crippen MR) is 46.9 cm³/mol. The molecule has 0 bridgehead atoms. The summed E-state index contributed by atoms with van der Waals surface area (Å²) in [5.74, 6) is 0.441. The molecule has 4 nitrogen and oxygen atoms in total. The van der Waals surface area contributed by atoms with Crippen molar-refractivity contribution in [2.45, 2.75) is 25.8 Å². The Morgan fingerprint density at radius 2 is 1.77 bits per heavy atom. The fraction of sp³-hybridized carbons (Fsp3) is 0.778. The highest BCUT2D eigenvalue weighted by Crippen LogP contribution is 2.31. The number of amides is 2. The van der Waals surface area contributed by atoms with E-state index in [-0.39, 0.29) is 11.8 Å². The van der Waals surface area contributed by atoms with Crippen molar-refractivity contribution in [2.24, 2.45) is 5.92 Å². The highest BCUT2D eigenvalue weighted by Gasteiger charge is 2.35. The number of carbonyl (C=O) groups excluding carboxylic acids is 2. The summed E-state index contributed by atoms with van der Waals surface area (Å²) in [7, 11) is 0. The van der Waals surface area contributed by atoms with Crippen LogP contribution in [0.2, 0.25) is 0 Å². The SMILES string of the molecule is CC1CC(N2CC(=O)NC(=O)C2)C1. The second kappa shape index (κ2) is 3.10. The van der Waals surface area contributed by atoms with Gasteiger partial charge in [0.15, 0.2) is 0 Å². The molecule has 0 aromatic carbocycles. The van der Waals surface area contributed by atoms with Gasteiger partial charge in [-0.15, -0.1) is 0 Å². The van der Waals surface area contributed by atoms with E-state index in [0.717, 1.165) is 18.8 Å². The molecule has 1 aliphatic carbocycles. The molecule has 0 aromatic heterocycles. The first-order valence-electron chi connectivity index (χ1n) is 4.72. The van der Waals surface area contributed by atoms with Crippen LogP contribution in [0.4, 0.5) is 0 Å². The van der Waals surface area contributed by atoms with Gasteiger partial charge in [0.05, 0.1) is 13.1 Å². The van der Waals surface area contributed by atoms with Crippen LogP contribution in [0.5, 0.6) is 0 Å². The first-order chi connectivity index (χ1) is 6.15. The zero-order valence-electron chi connectivity index (χ0n) is 7.75. The number of hydrogen-bond acceptors (Lipinski definition) is 3. The minimum absolute atomic E-state index is 0.157. The van der Waals surface area contributed by atoms with E-state index >= 15 is 0 Å². The molecule has 0 radical (unpaired) electrons. The maximum absolute atomic E-state index is 11.0. The van der Waals surface area contributed by atoms with Crippen molar-refractivity contribution < 1.29 is 9.59 Å². The molecule has 0 aromatic rings. The van der Waals surface area contributed by atoms with Crippen molar-refractivity contribution >= 4 is 11.8 Å². The second-order valence-corrected chi connectivity index (χ2v) is 4.11. The largest absolute Gasteiger partial charge is 0.294 e. The van der Waals surface area contributed by atoms with Gasteiger partial charge in [0, 0.05) is 6.04 Å². The molecule has 1 saturated carbocycles. The number of nitrogens with zero attached hydrogens (tertiary/aromatic N) is 1. The number of imide groups is 1. The van der Waals surface area contributed by atoms with Crippen molar-refractivity contribution in [3.05, 3.63) is 0 Å². The zero-order chi connectivity index (χ0) is 9.42. The quantitative estimate of drug-likeness (QED) is 0.568. The summed E-state index contributed by atoms with van der Waals surface area (Å²) in [6.07, 6.45) is 2.25. The Morgan fingerprint density at radius 3 is 2.23 bits per heavy atom. The topological polar surface area (TPSA) is 49.4 Å². The molecule has 2 fully saturated rings. The Balaban J connectivity index is 1.92. The fourth-order valence-electron chi connectivity index (χ4n) is 2.08. The number of rotatable bonds is 1. The maximum atomic E-state index is 11.0. The molecule has 1 N–H and O–H groups in total. The molecule has 72 valence electrons. The fourth-order valence-corrected chi connectivity index (χ4v) is 2.08. The van der Waals surface area contributed by atoms with Gasteiger partial charge in [-0.05, 0) is 18.8 Å². The smallest absolute Gasteiger partial charge is 0.240 e. The second-order valence-electron chi connectivity index (χ2n) is 4.11. The van der Waals surface area contributed by atoms with Crippen LogP contribution in [0.3, 0.4) is 0 Å². The molecule has 1 saturated heterocycles. The van der Waals surface area contributed by atoms with Gasteiger partial charge in [0.1, 0.15) is 0 Å². The summed E-state index contributed by atoms with van der Waals surface area (Å²) in [6, 6.07) is 0.463. The lowest BCUT2D eigenvalue weighted by Crippen LogP contribution is -2.57. The van der Waals surface area contributed by atoms with Crippen molar-refractivity contribution in [1.82, 2.24) is 10.2 Å². The summed E-state index contributed by atoms with van der Waals surface area (Å²) in [5, 5.41) is 2.30. The number of hydrogen-bond donors (Lipinski definition) is 1. The molecule has 1 aliphatic heterocycles. The highest BCUT2D eigenvalue weighted by molar-refractivity contribution is 5.99. The van der Waals surface area contributed by atoms with Gasteiger partial charge < -0.3 is 0 Å². The van der Waals surface area contributed by atoms with Crippen LogP contribution >= 0.6 is 0 Å². The summed E-state index contributed by atoms with van der Waals surface area (Å²) in [5.41, 5.74) is 0. The Hall–Kier alpha value is -0.900. The van der Waals surface area contributed by atoms with Gasteiger partial charge in [-0.25, -0.2) is 0 Å². The van der Waals surface area contributed by atoms with Crippen LogP contribution in [0, 0.1) is 5.92 Å². The van der Waals surface area contributed by atoms with Crippen LogP contribution < -0.4 is 5.32 Å². The zero-order valence-corrected chi connectivity index (χ0v) is 7.75. The third-order valence-corrected chi connectivity index (χ3v) is 2.84. The van der Waals surface area contributed by atoms with Gasteiger partial charge >= 0.3 is 0 Å². The van der Waals surface area contributed by atoms with Gasteiger partial charge in [-0.1, -0.05) is 6.92 Å². The van der Waals surface area contributed by atoms with E-state index in [0.29, 0.717) is 19.1 Å². The summed E-state index contributed by atoms with van der Waals surface area (Å²) >= 11 is 0. The molecule has 1 heterocycles. The lowest BCUT2D eigenvalue weighted by atomic mass is 9.80. The average molecular weight is 182 g/mol. The van der Waals surface area contributed by atoms with Crippen molar-refractivity contribution in [3.8, 4) is 0 Å².